The smallest absolute Gasteiger partial charge is 0.243 e. The zero-order valence-corrected chi connectivity index (χ0v) is 16.3. The highest BCUT2D eigenvalue weighted by atomic mass is 32.2. The van der Waals surface area contributed by atoms with E-state index in [9.17, 15) is 13.2 Å². The quantitative estimate of drug-likeness (QED) is 0.854. The number of rotatable bonds is 5. The molecule has 0 unspecified atom stereocenters. The van der Waals surface area contributed by atoms with Gasteiger partial charge in [0.05, 0.1) is 17.7 Å². The highest BCUT2D eigenvalue weighted by Crippen LogP contribution is 2.27. The topological polar surface area (TPSA) is 75.7 Å². The van der Waals surface area contributed by atoms with E-state index in [1.54, 1.807) is 43.5 Å². The number of amides is 1. The Labute approximate surface area is 160 Å². The van der Waals surface area contributed by atoms with Crippen molar-refractivity contribution in [2.45, 2.75) is 24.7 Å². The van der Waals surface area contributed by atoms with E-state index in [1.165, 1.54) is 4.31 Å². The summed E-state index contributed by atoms with van der Waals surface area (Å²) in [6.07, 6.45) is 0.984. The van der Waals surface area contributed by atoms with Gasteiger partial charge >= 0.3 is 0 Å². The SMILES string of the molecule is COc1ccccc1NC(=O)C1CCN(S(=O)(=O)c2ccc(C)cc2)CC1. The van der Waals surface area contributed by atoms with Crippen molar-refractivity contribution in [3.63, 3.8) is 0 Å². The van der Waals surface area contributed by atoms with Gasteiger partial charge in [0.1, 0.15) is 5.75 Å². The Hall–Kier alpha value is -2.38. The van der Waals surface area contributed by atoms with Crippen LogP contribution in [-0.2, 0) is 14.8 Å². The van der Waals surface area contributed by atoms with Crippen molar-refractivity contribution >= 4 is 21.6 Å². The number of anilines is 1. The lowest BCUT2D eigenvalue weighted by Gasteiger charge is -2.30. The van der Waals surface area contributed by atoms with Crippen molar-refractivity contribution in [2.75, 3.05) is 25.5 Å². The summed E-state index contributed by atoms with van der Waals surface area (Å²) in [5.41, 5.74) is 1.64. The number of carbonyl (C=O) groups excluding carboxylic acids is 1. The summed E-state index contributed by atoms with van der Waals surface area (Å²) in [5.74, 6) is 0.275. The molecule has 27 heavy (non-hydrogen) atoms. The van der Waals surface area contributed by atoms with Crippen LogP contribution < -0.4 is 10.1 Å². The molecule has 6 nitrogen and oxygen atoms in total. The van der Waals surface area contributed by atoms with E-state index in [1.807, 2.05) is 19.1 Å². The molecule has 0 spiro atoms. The number of para-hydroxylation sites is 2. The van der Waals surface area contributed by atoms with Crippen LogP contribution in [0, 0.1) is 12.8 Å². The maximum absolute atomic E-state index is 12.8. The van der Waals surface area contributed by atoms with E-state index >= 15 is 0 Å². The normalized spacial score (nSPS) is 16.1. The number of aryl methyl sites for hydroxylation is 1. The Morgan fingerprint density at radius 3 is 2.33 bits per heavy atom. The lowest BCUT2D eigenvalue weighted by Crippen LogP contribution is -2.41. The predicted molar refractivity (Wildman–Crippen MR) is 104 cm³/mol. The van der Waals surface area contributed by atoms with Crippen LogP contribution in [0.2, 0.25) is 0 Å². The first kappa shape index (κ1) is 19.4. The van der Waals surface area contributed by atoms with Crippen molar-refractivity contribution in [3.8, 4) is 5.75 Å². The molecular weight excluding hydrogens is 364 g/mol. The molecule has 1 heterocycles. The minimum Gasteiger partial charge on any atom is -0.495 e. The number of methoxy groups -OCH3 is 1. The third kappa shape index (κ3) is 4.31. The fourth-order valence-corrected chi connectivity index (χ4v) is 4.67. The molecule has 1 fully saturated rings. The summed E-state index contributed by atoms with van der Waals surface area (Å²) in [6, 6.07) is 14.1. The maximum atomic E-state index is 12.8. The van der Waals surface area contributed by atoms with Crippen molar-refractivity contribution in [1.82, 2.24) is 4.31 Å². The first-order chi connectivity index (χ1) is 12.9. The van der Waals surface area contributed by atoms with Crippen molar-refractivity contribution in [2.24, 2.45) is 5.92 Å². The first-order valence-electron chi connectivity index (χ1n) is 8.92. The third-order valence-corrected chi connectivity index (χ3v) is 6.76. The molecule has 3 rings (SSSR count). The Morgan fingerprint density at radius 2 is 1.70 bits per heavy atom. The monoisotopic (exact) mass is 388 g/mol. The molecule has 1 amide bonds. The molecule has 0 aliphatic carbocycles. The summed E-state index contributed by atoms with van der Waals surface area (Å²) in [5, 5.41) is 2.89. The van der Waals surface area contributed by atoms with Gasteiger partial charge in [-0.2, -0.15) is 4.31 Å². The van der Waals surface area contributed by atoms with Gasteiger partial charge in [-0.25, -0.2) is 8.42 Å². The van der Waals surface area contributed by atoms with E-state index < -0.39 is 10.0 Å². The molecular formula is C20H24N2O4S. The average molecular weight is 388 g/mol. The zero-order chi connectivity index (χ0) is 19.4. The lowest BCUT2D eigenvalue weighted by molar-refractivity contribution is -0.120. The second-order valence-corrected chi connectivity index (χ2v) is 8.62. The van der Waals surface area contributed by atoms with Crippen molar-refractivity contribution in [1.29, 1.82) is 0 Å². The Balaban J connectivity index is 1.63. The van der Waals surface area contributed by atoms with Gasteiger partial charge in [-0.3, -0.25) is 4.79 Å². The number of sulfonamides is 1. The van der Waals surface area contributed by atoms with E-state index in [-0.39, 0.29) is 11.8 Å². The molecule has 0 atom stereocenters. The standard InChI is InChI=1S/C20H24N2O4S/c1-15-7-9-17(10-8-15)27(24,25)22-13-11-16(12-14-22)20(23)21-18-5-3-4-6-19(18)26-2/h3-10,16H,11-14H2,1-2H3,(H,21,23). The van der Waals surface area contributed by atoms with Gasteiger partial charge in [-0.05, 0) is 44.0 Å². The fraction of sp³-hybridized carbons (Fsp3) is 0.350. The van der Waals surface area contributed by atoms with Gasteiger partial charge in [0.2, 0.25) is 15.9 Å². The highest BCUT2D eigenvalue weighted by molar-refractivity contribution is 7.89. The second-order valence-electron chi connectivity index (χ2n) is 6.68. The van der Waals surface area contributed by atoms with Gasteiger partial charge in [-0.1, -0.05) is 29.8 Å². The van der Waals surface area contributed by atoms with Gasteiger partial charge < -0.3 is 10.1 Å². The predicted octanol–water partition coefficient (Wildman–Crippen LogP) is 3.04. The van der Waals surface area contributed by atoms with Gasteiger partial charge in [0.15, 0.2) is 0 Å². The minimum absolute atomic E-state index is 0.105. The molecule has 2 aromatic rings. The number of hydrogen-bond acceptors (Lipinski definition) is 4. The molecule has 1 N–H and O–H groups in total. The number of benzene rings is 2. The van der Waals surface area contributed by atoms with Crippen LogP contribution in [0.4, 0.5) is 5.69 Å². The first-order valence-corrected chi connectivity index (χ1v) is 10.4. The maximum Gasteiger partial charge on any atom is 0.243 e. The van der Waals surface area contributed by atoms with E-state index in [0.29, 0.717) is 42.3 Å². The van der Waals surface area contributed by atoms with Crippen LogP contribution in [0.3, 0.4) is 0 Å². The van der Waals surface area contributed by atoms with E-state index in [4.69, 9.17) is 4.74 Å². The number of piperidine rings is 1. The molecule has 2 aromatic carbocycles. The number of nitrogens with zero attached hydrogens (tertiary/aromatic N) is 1. The third-order valence-electron chi connectivity index (χ3n) is 4.85. The number of ether oxygens (including phenoxy) is 1. The molecule has 1 aliphatic rings. The summed E-state index contributed by atoms with van der Waals surface area (Å²) in [7, 11) is -1.96. The highest BCUT2D eigenvalue weighted by Gasteiger charge is 2.32. The average Bonchev–Trinajstić information content (AvgIpc) is 2.69. The Kier molecular flexibility index (Phi) is 5.82. The number of nitrogens with one attached hydrogen (secondary N) is 1. The zero-order valence-electron chi connectivity index (χ0n) is 15.5. The molecule has 1 aliphatic heterocycles. The van der Waals surface area contributed by atoms with Crippen LogP contribution in [0.5, 0.6) is 5.75 Å². The summed E-state index contributed by atoms with van der Waals surface area (Å²) in [6.45, 7) is 2.59. The van der Waals surface area contributed by atoms with Crippen LogP contribution in [0.25, 0.3) is 0 Å². The molecule has 144 valence electrons. The molecule has 0 aromatic heterocycles. The largest absolute Gasteiger partial charge is 0.495 e. The van der Waals surface area contributed by atoms with E-state index in [2.05, 4.69) is 5.32 Å². The second kappa shape index (κ2) is 8.10. The molecule has 7 heteroatoms. The molecule has 0 bridgehead atoms. The molecule has 0 radical (unpaired) electrons. The van der Waals surface area contributed by atoms with Gasteiger partial charge in [0.25, 0.3) is 0 Å². The van der Waals surface area contributed by atoms with E-state index in [0.717, 1.165) is 5.56 Å². The van der Waals surface area contributed by atoms with Crippen LogP contribution in [-0.4, -0.2) is 38.8 Å². The molecule has 0 saturated carbocycles. The van der Waals surface area contributed by atoms with Crippen LogP contribution in [0.1, 0.15) is 18.4 Å². The van der Waals surface area contributed by atoms with Crippen LogP contribution in [0.15, 0.2) is 53.4 Å². The van der Waals surface area contributed by atoms with Crippen molar-refractivity contribution < 1.29 is 17.9 Å². The van der Waals surface area contributed by atoms with Crippen LogP contribution >= 0.6 is 0 Å². The Morgan fingerprint density at radius 1 is 1.07 bits per heavy atom. The van der Waals surface area contributed by atoms with Crippen molar-refractivity contribution in [3.05, 3.63) is 54.1 Å². The number of carbonyl (C=O) groups is 1. The Bertz CT molecular complexity index is 902. The minimum atomic E-state index is -3.52. The van der Waals surface area contributed by atoms with Gasteiger partial charge in [-0.15, -0.1) is 0 Å². The molecule has 1 saturated heterocycles. The summed E-state index contributed by atoms with van der Waals surface area (Å²) >= 11 is 0. The summed E-state index contributed by atoms with van der Waals surface area (Å²) < 4.78 is 32.2. The lowest BCUT2D eigenvalue weighted by atomic mass is 9.97. The fourth-order valence-electron chi connectivity index (χ4n) is 3.20. The summed E-state index contributed by atoms with van der Waals surface area (Å²) in [4.78, 5) is 12.9. The van der Waals surface area contributed by atoms with Gasteiger partial charge in [0, 0.05) is 19.0 Å². The number of hydrogen-bond donors (Lipinski definition) is 1.